The zero-order valence-electron chi connectivity index (χ0n) is 21.7. The summed E-state index contributed by atoms with van der Waals surface area (Å²) in [6.45, 7) is 3.03. The van der Waals surface area contributed by atoms with Crippen molar-refractivity contribution < 1.29 is 37.3 Å². The lowest BCUT2D eigenvalue weighted by atomic mass is 10.1. The van der Waals surface area contributed by atoms with Gasteiger partial charge in [-0.2, -0.15) is 0 Å². The largest absolute Gasteiger partial charge is 0.487 e. The van der Waals surface area contributed by atoms with Gasteiger partial charge in [0.2, 0.25) is 11.6 Å². The van der Waals surface area contributed by atoms with E-state index in [1.54, 1.807) is 32.2 Å². The van der Waals surface area contributed by atoms with E-state index in [4.69, 9.17) is 23.7 Å². The Balaban J connectivity index is 1.34. The van der Waals surface area contributed by atoms with Crippen LogP contribution in [0.1, 0.15) is 18.5 Å². The van der Waals surface area contributed by atoms with Gasteiger partial charge in [0.05, 0.1) is 18.2 Å². The van der Waals surface area contributed by atoms with Gasteiger partial charge in [-0.15, -0.1) is 0 Å². The van der Waals surface area contributed by atoms with E-state index >= 15 is 4.39 Å². The standard InChI is InChI=1S/C28H26F2N4O6/c1-16(17-3-5-18(29)6-4-17)33-28(35)34-19-7-8-22(20(30)13-19)40-27-24-21(31-15-32-27)14-23(37-10-9-36-2)25-26(24)39-12-11-38-25/h3-8,13-16H,9-12H2,1-2H3,(H2,33,34,35). The highest BCUT2D eigenvalue weighted by Gasteiger charge is 2.26. The first kappa shape index (κ1) is 26.9. The minimum absolute atomic E-state index is 0.0562. The third kappa shape index (κ3) is 5.96. The van der Waals surface area contributed by atoms with Crippen LogP contribution in [0.5, 0.6) is 28.9 Å². The molecule has 0 aliphatic carbocycles. The molecule has 0 fully saturated rings. The molecule has 1 aromatic heterocycles. The second kappa shape index (κ2) is 12.0. The van der Waals surface area contributed by atoms with Crippen molar-refractivity contribution in [2.75, 3.05) is 38.9 Å². The number of anilines is 1. The monoisotopic (exact) mass is 552 g/mol. The van der Waals surface area contributed by atoms with Crippen molar-refractivity contribution >= 4 is 22.6 Å². The van der Waals surface area contributed by atoms with Crippen LogP contribution in [0.15, 0.2) is 54.9 Å². The Kier molecular flexibility index (Phi) is 8.06. The maximum Gasteiger partial charge on any atom is 0.319 e. The third-order valence-corrected chi connectivity index (χ3v) is 6.00. The van der Waals surface area contributed by atoms with E-state index < -0.39 is 17.9 Å². The van der Waals surface area contributed by atoms with Gasteiger partial charge in [-0.1, -0.05) is 12.1 Å². The molecule has 3 aromatic carbocycles. The number of amides is 2. The first-order valence-electron chi connectivity index (χ1n) is 12.4. The molecule has 1 aliphatic rings. The summed E-state index contributed by atoms with van der Waals surface area (Å²) in [5.74, 6) is -0.0464. The lowest BCUT2D eigenvalue weighted by Gasteiger charge is -2.23. The highest BCUT2D eigenvalue weighted by molar-refractivity contribution is 5.94. The second-order valence-corrected chi connectivity index (χ2v) is 8.76. The van der Waals surface area contributed by atoms with Gasteiger partial charge in [-0.3, -0.25) is 0 Å². The SMILES string of the molecule is COCCOc1cc2ncnc(Oc3ccc(NC(=O)NC(C)c4ccc(F)cc4)cc3F)c2c2c1OCCO2. The summed E-state index contributed by atoms with van der Waals surface area (Å²) in [5.41, 5.74) is 1.37. The Morgan fingerprint density at radius 3 is 2.52 bits per heavy atom. The van der Waals surface area contributed by atoms with E-state index in [-0.39, 0.29) is 29.7 Å². The van der Waals surface area contributed by atoms with E-state index in [2.05, 4.69) is 20.6 Å². The molecule has 2 amide bonds. The van der Waals surface area contributed by atoms with Crippen LogP contribution in [0.4, 0.5) is 19.3 Å². The van der Waals surface area contributed by atoms with E-state index in [1.807, 2.05) is 0 Å². The zero-order chi connectivity index (χ0) is 28.1. The Morgan fingerprint density at radius 1 is 1.00 bits per heavy atom. The van der Waals surface area contributed by atoms with Crippen LogP contribution >= 0.6 is 0 Å². The maximum absolute atomic E-state index is 15.1. The summed E-state index contributed by atoms with van der Waals surface area (Å²) in [6, 6.07) is 10.5. The van der Waals surface area contributed by atoms with E-state index in [0.29, 0.717) is 53.5 Å². The Hall–Kier alpha value is -4.71. The first-order chi connectivity index (χ1) is 19.4. The van der Waals surface area contributed by atoms with Gasteiger partial charge in [0.25, 0.3) is 0 Å². The number of methoxy groups -OCH3 is 1. The summed E-state index contributed by atoms with van der Waals surface area (Å²) >= 11 is 0. The molecule has 208 valence electrons. The normalized spacial score (nSPS) is 13.0. The fourth-order valence-corrected chi connectivity index (χ4v) is 4.07. The molecule has 4 aromatic rings. The fraction of sp³-hybridized carbons (Fsp3) is 0.250. The molecular weight excluding hydrogens is 526 g/mol. The average Bonchev–Trinajstić information content (AvgIpc) is 2.95. The van der Waals surface area contributed by atoms with Gasteiger partial charge in [-0.05, 0) is 36.8 Å². The van der Waals surface area contributed by atoms with Gasteiger partial charge in [0, 0.05) is 24.9 Å². The number of ether oxygens (including phenoxy) is 5. The zero-order valence-corrected chi connectivity index (χ0v) is 21.7. The number of nitrogens with one attached hydrogen (secondary N) is 2. The van der Waals surface area contributed by atoms with E-state index in [9.17, 15) is 9.18 Å². The summed E-state index contributed by atoms with van der Waals surface area (Å²) < 4.78 is 56.5. The Labute approximate surface area is 228 Å². The van der Waals surface area contributed by atoms with E-state index in [1.165, 1.54) is 30.6 Å². The summed E-state index contributed by atoms with van der Waals surface area (Å²) in [7, 11) is 1.57. The van der Waals surface area contributed by atoms with Gasteiger partial charge in [0.15, 0.2) is 23.1 Å². The Bertz CT molecular complexity index is 1520. The van der Waals surface area contributed by atoms with Crippen molar-refractivity contribution in [2.45, 2.75) is 13.0 Å². The van der Waals surface area contributed by atoms with Gasteiger partial charge < -0.3 is 34.3 Å². The van der Waals surface area contributed by atoms with Crippen LogP contribution in [-0.4, -0.2) is 49.5 Å². The predicted octanol–water partition coefficient (Wildman–Crippen LogP) is 5.38. The quantitative estimate of drug-likeness (QED) is 0.266. The number of rotatable bonds is 9. The van der Waals surface area contributed by atoms with Crippen molar-refractivity contribution in [3.63, 3.8) is 0 Å². The van der Waals surface area contributed by atoms with E-state index in [0.717, 1.165) is 6.07 Å². The van der Waals surface area contributed by atoms with Crippen LogP contribution in [-0.2, 0) is 4.74 Å². The second-order valence-electron chi connectivity index (χ2n) is 8.76. The van der Waals surface area contributed by atoms with Crippen molar-refractivity contribution in [1.82, 2.24) is 15.3 Å². The van der Waals surface area contributed by atoms with Crippen molar-refractivity contribution in [3.05, 3.63) is 72.1 Å². The molecule has 0 bridgehead atoms. The van der Waals surface area contributed by atoms with Crippen LogP contribution < -0.4 is 29.6 Å². The molecular formula is C28H26F2N4O6. The van der Waals surface area contributed by atoms with Crippen molar-refractivity contribution in [1.29, 1.82) is 0 Å². The minimum atomic E-state index is -0.735. The topological polar surface area (TPSA) is 113 Å². The molecule has 1 unspecified atom stereocenters. The molecule has 2 heterocycles. The molecule has 5 rings (SSSR count). The van der Waals surface area contributed by atoms with Crippen LogP contribution in [0.25, 0.3) is 10.9 Å². The summed E-state index contributed by atoms with van der Waals surface area (Å²) in [6.07, 6.45) is 1.28. The number of aromatic nitrogens is 2. The average molecular weight is 553 g/mol. The molecule has 10 nitrogen and oxygen atoms in total. The Morgan fingerprint density at radius 2 is 1.77 bits per heavy atom. The molecule has 0 saturated carbocycles. The molecule has 0 radical (unpaired) electrons. The lowest BCUT2D eigenvalue weighted by Crippen LogP contribution is -2.31. The van der Waals surface area contributed by atoms with Gasteiger partial charge in [-0.25, -0.2) is 23.5 Å². The molecule has 12 heteroatoms. The molecule has 0 spiro atoms. The minimum Gasteiger partial charge on any atom is -0.487 e. The molecule has 0 saturated heterocycles. The number of hydrogen-bond donors (Lipinski definition) is 2. The van der Waals surface area contributed by atoms with Crippen LogP contribution in [0.2, 0.25) is 0 Å². The van der Waals surface area contributed by atoms with Gasteiger partial charge >= 0.3 is 6.03 Å². The number of hydrogen-bond acceptors (Lipinski definition) is 8. The maximum atomic E-state index is 15.1. The van der Waals surface area contributed by atoms with Crippen LogP contribution in [0, 0.1) is 11.6 Å². The fourth-order valence-electron chi connectivity index (χ4n) is 4.07. The third-order valence-electron chi connectivity index (χ3n) is 6.00. The molecule has 1 atom stereocenters. The number of halogens is 2. The number of urea groups is 1. The lowest BCUT2D eigenvalue weighted by molar-refractivity contribution is 0.134. The number of fused-ring (bicyclic) bond motifs is 3. The summed E-state index contributed by atoms with van der Waals surface area (Å²) in [4.78, 5) is 20.9. The molecule has 2 N–H and O–H groups in total. The van der Waals surface area contributed by atoms with Crippen molar-refractivity contribution in [2.24, 2.45) is 0 Å². The molecule has 1 aliphatic heterocycles. The number of benzene rings is 3. The van der Waals surface area contributed by atoms with Crippen molar-refractivity contribution in [3.8, 4) is 28.9 Å². The number of nitrogens with zero attached hydrogens (tertiary/aromatic N) is 2. The highest BCUT2D eigenvalue weighted by atomic mass is 19.1. The molecule has 40 heavy (non-hydrogen) atoms. The smallest absolute Gasteiger partial charge is 0.319 e. The predicted molar refractivity (Wildman–Crippen MR) is 141 cm³/mol. The summed E-state index contributed by atoms with van der Waals surface area (Å²) in [5, 5.41) is 5.70. The first-order valence-corrected chi connectivity index (χ1v) is 12.4. The van der Waals surface area contributed by atoms with Gasteiger partial charge in [0.1, 0.15) is 37.4 Å². The number of carbonyl (C=O) groups excluding carboxylic acids is 1. The number of carbonyl (C=O) groups is 1. The van der Waals surface area contributed by atoms with Crippen LogP contribution in [0.3, 0.4) is 0 Å². The highest BCUT2D eigenvalue weighted by Crippen LogP contribution is 2.48.